The molecule has 0 aliphatic carbocycles. The standard InChI is InChI=1S/C16H16N4O2/c1-10(2)20-9-11(5-6-14(20)21)15-16(12-4-3-7-22-12)19-13(17)8-18-15/h3-10H,1-2H3,(H2,17,19). The lowest BCUT2D eigenvalue weighted by molar-refractivity contribution is 0.578. The molecule has 3 heterocycles. The highest BCUT2D eigenvalue weighted by molar-refractivity contribution is 5.75. The molecule has 0 atom stereocenters. The minimum absolute atomic E-state index is 0.0540. The number of anilines is 1. The predicted octanol–water partition coefficient (Wildman–Crippen LogP) is 2.73. The van der Waals surface area contributed by atoms with E-state index in [0.29, 0.717) is 23.0 Å². The average Bonchev–Trinajstić information content (AvgIpc) is 3.02. The van der Waals surface area contributed by atoms with Crippen LogP contribution in [0.3, 0.4) is 0 Å². The Balaban J connectivity index is 2.21. The second-order valence-electron chi connectivity index (χ2n) is 5.23. The van der Waals surface area contributed by atoms with Gasteiger partial charge >= 0.3 is 0 Å². The first-order valence-corrected chi connectivity index (χ1v) is 6.95. The molecule has 3 rings (SSSR count). The number of nitrogens with two attached hydrogens (primary N) is 1. The van der Waals surface area contributed by atoms with Crippen LogP contribution in [0.4, 0.5) is 5.82 Å². The Hall–Kier alpha value is -2.89. The minimum Gasteiger partial charge on any atom is -0.463 e. The van der Waals surface area contributed by atoms with Gasteiger partial charge in [-0.15, -0.1) is 0 Å². The molecular weight excluding hydrogens is 280 g/mol. The van der Waals surface area contributed by atoms with Crippen LogP contribution in [0, 0.1) is 0 Å². The Morgan fingerprint density at radius 2 is 2.05 bits per heavy atom. The summed E-state index contributed by atoms with van der Waals surface area (Å²) < 4.78 is 7.06. The van der Waals surface area contributed by atoms with Gasteiger partial charge in [0.1, 0.15) is 17.2 Å². The predicted molar refractivity (Wildman–Crippen MR) is 84.2 cm³/mol. The first kappa shape index (κ1) is 14.1. The van der Waals surface area contributed by atoms with E-state index < -0.39 is 0 Å². The summed E-state index contributed by atoms with van der Waals surface area (Å²) in [6.45, 7) is 3.90. The third kappa shape index (κ3) is 2.50. The Bertz CT molecular complexity index is 851. The van der Waals surface area contributed by atoms with E-state index in [1.807, 2.05) is 13.8 Å². The smallest absolute Gasteiger partial charge is 0.250 e. The summed E-state index contributed by atoms with van der Waals surface area (Å²) >= 11 is 0. The van der Waals surface area contributed by atoms with E-state index in [1.54, 1.807) is 35.2 Å². The normalized spacial score (nSPS) is 11.0. The fourth-order valence-electron chi connectivity index (χ4n) is 2.25. The molecule has 0 bridgehead atoms. The number of furan rings is 1. The van der Waals surface area contributed by atoms with Crippen LogP contribution in [-0.4, -0.2) is 14.5 Å². The summed E-state index contributed by atoms with van der Waals surface area (Å²) in [5, 5.41) is 0. The monoisotopic (exact) mass is 296 g/mol. The van der Waals surface area contributed by atoms with Gasteiger partial charge in [0.2, 0.25) is 0 Å². The molecule has 3 aromatic heterocycles. The third-order valence-corrected chi connectivity index (χ3v) is 3.31. The molecule has 2 N–H and O–H groups in total. The average molecular weight is 296 g/mol. The van der Waals surface area contributed by atoms with Crippen molar-refractivity contribution < 1.29 is 4.42 Å². The second-order valence-corrected chi connectivity index (χ2v) is 5.23. The molecule has 3 aromatic rings. The van der Waals surface area contributed by atoms with Crippen LogP contribution >= 0.6 is 0 Å². The molecule has 0 unspecified atom stereocenters. The number of nitrogens with zero attached hydrogens (tertiary/aromatic N) is 3. The lowest BCUT2D eigenvalue weighted by Gasteiger charge is -2.12. The van der Waals surface area contributed by atoms with Crippen LogP contribution in [-0.2, 0) is 0 Å². The molecule has 0 aromatic carbocycles. The highest BCUT2D eigenvalue weighted by Crippen LogP contribution is 2.29. The number of hydrogen-bond donors (Lipinski definition) is 1. The molecular formula is C16H16N4O2. The highest BCUT2D eigenvalue weighted by atomic mass is 16.3. The minimum atomic E-state index is -0.0540. The molecule has 22 heavy (non-hydrogen) atoms. The van der Waals surface area contributed by atoms with Crippen molar-refractivity contribution >= 4 is 5.82 Å². The van der Waals surface area contributed by atoms with Gasteiger partial charge in [-0.05, 0) is 32.0 Å². The fraction of sp³-hybridized carbons (Fsp3) is 0.188. The van der Waals surface area contributed by atoms with Crippen LogP contribution < -0.4 is 11.3 Å². The molecule has 0 fully saturated rings. The van der Waals surface area contributed by atoms with Crippen LogP contribution in [0.2, 0.25) is 0 Å². The number of pyridine rings is 1. The van der Waals surface area contributed by atoms with Gasteiger partial charge in [-0.3, -0.25) is 4.79 Å². The summed E-state index contributed by atoms with van der Waals surface area (Å²) in [5.74, 6) is 0.893. The van der Waals surface area contributed by atoms with E-state index in [1.165, 1.54) is 12.3 Å². The first-order valence-electron chi connectivity index (χ1n) is 6.95. The van der Waals surface area contributed by atoms with E-state index >= 15 is 0 Å². The maximum absolute atomic E-state index is 11.9. The van der Waals surface area contributed by atoms with E-state index in [2.05, 4.69) is 9.97 Å². The zero-order valence-corrected chi connectivity index (χ0v) is 12.4. The van der Waals surface area contributed by atoms with Crippen molar-refractivity contribution in [1.29, 1.82) is 0 Å². The number of hydrogen-bond acceptors (Lipinski definition) is 5. The summed E-state index contributed by atoms with van der Waals surface area (Å²) in [7, 11) is 0. The van der Waals surface area contributed by atoms with Gasteiger partial charge in [-0.1, -0.05) is 0 Å². The van der Waals surface area contributed by atoms with Gasteiger partial charge in [0, 0.05) is 23.9 Å². The molecule has 6 nitrogen and oxygen atoms in total. The van der Waals surface area contributed by atoms with Crippen molar-refractivity contribution in [2.45, 2.75) is 19.9 Å². The number of rotatable bonds is 3. The molecule has 0 radical (unpaired) electrons. The van der Waals surface area contributed by atoms with Crippen LogP contribution in [0.1, 0.15) is 19.9 Å². The zero-order valence-electron chi connectivity index (χ0n) is 12.4. The van der Waals surface area contributed by atoms with Gasteiger partial charge < -0.3 is 14.7 Å². The number of aromatic nitrogens is 3. The Morgan fingerprint density at radius 1 is 1.23 bits per heavy atom. The van der Waals surface area contributed by atoms with Gasteiger partial charge in [-0.2, -0.15) is 0 Å². The number of nitrogen functional groups attached to an aromatic ring is 1. The van der Waals surface area contributed by atoms with Crippen LogP contribution in [0.5, 0.6) is 0 Å². The lowest BCUT2D eigenvalue weighted by Crippen LogP contribution is -2.20. The SMILES string of the molecule is CC(C)n1cc(-c2ncc(N)nc2-c2ccco2)ccc1=O. The Morgan fingerprint density at radius 3 is 2.73 bits per heavy atom. The van der Waals surface area contributed by atoms with E-state index in [0.717, 1.165) is 5.56 Å². The molecule has 0 spiro atoms. The molecule has 0 aliphatic heterocycles. The summed E-state index contributed by atoms with van der Waals surface area (Å²) in [4.78, 5) is 20.6. The molecule has 0 amide bonds. The Kier molecular flexibility index (Phi) is 3.50. The molecule has 112 valence electrons. The molecule has 0 aliphatic rings. The van der Waals surface area contributed by atoms with E-state index in [4.69, 9.17) is 10.2 Å². The molecule has 6 heteroatoms. The van der Waals surface area contributed by atoms with Gasteiger partial charge in [0.25, 0.3) is 5.56 Å². The summed E-state index contributed by atoms with van der Waals surface area (Å²) in [6.07, 6.45) is 4.84. The summed E-state index contributed by atoms with van der Waals surface area (Å²) in [6, 6.07) is 6.89. The third-order valence-electron chi connectivity index (χ3n) is 3.31. The van der Waals surface area contributed by atoms with Crippen molar-refractivity contribution in [2.75, 3.05) is 5.73 Å². The topological polar surface area (TPSA) is 86.9 Å². The fourth-order valence-corrected chi connectivity index (χ4v) is 2.25. The van der Waals surface area contributed by atoms with Crippen LogP contribution in [0.25, 0.3) is 22.7 Å². The van der Waals surface area contributed by atoms with Crippen LogP contribution in [0.15, 0.2) is 52.1 Å². The van der Waals surface area contributed by atoms with Crippen molar-refractivity contribution in [3.05, 3.63) is 53.3 Å². The van der Waals surface area contributed by atoms with Gasteiger partial charge in [0.05, 0.1) is 12.5 Å². The summed E-state index contributed by atoms with van der Waals surface area (Å²) in [5.41, 5.74) is 7.65. The Labute approximate surface area is 127 Å². The quantitative estimate of drug-likeness (QED) is 0.803. The maximum Gasteiger partial charge on any atom is 0.250 e. The van der Waals surface area contributed by atoms with Crippen molar-refractivity contribution in [1.82, 2.24) is 14.5 Å². The van der Waals surface area contributed by atoms with E-state index in [9.17, 15) is 4.79 Å². The first-order chi connectivity index (χ1) is 10.6. The second kappa shape index (κ2) is 5.48. The highest BCUT2D eigenvalue weighted by Gasteiger charge is 2.15. The molecule has 0 saturated carbocycles. The van der Waals surface area contributed by atoms with Crippen molar-refractivity contribution in [3.63, 3.8) is 0 Å². The molecule has 0 saturated heterocycles. The zero-order chi connectivity index (χ0) is 15.7. The largest absolute Gasteiger partial charge is 0.463 e. The maximum atomic E-state index is 11.9. The van der Waals surface area contributed by atoms with Crippen molar-refractivity contribution in [3.8, 4) is 22.7 Å². The lowest BCUT2D eigenvalue weighted by atomic mass is 10.1. The van der Waals surface area contributed by atoms with Gasteiger partial charge in [-0.25, -0.2) is 9.97 Å². The van der Waals surface area contributed by atoms with Gasteiger partial charge in [0.15, 0.2) is 5.76 Å². The van der Waals surface area contributed by atoms with E-state index in [-0.39, 0.29) is 11.6 Å². The van der Waals surface area contributed by atoms with Crippen molar-refractivity contribution in [2.24, 2.45) is 0 Å².